The molecular formula is C16H22N2O3. The number of likely N-dealkylation sites (tertiary alicyclic amines) is 1. The number of amides is 2. The lowest BCUT2D eigenvalue weighted by Gasteiger charge is -2.34. The minimum Gasteiger partial charge on any atom is -0.393 e. The lowest BCUT2D eigenvalue weighted by atomic mass is 9.93. The molecule has 0 aromatic heterocycles. The Kier molecular flexibility index (Phi) is 4.96. The Bertz CT molecular complexity index is 511. The van der Waals surface area contributed by atoms with Crippen LogP contribution in [0.3, 0.4) is 0 Å². The molecule has 0 radical (unpaired) electrons. The molecule has 2 rings (SSSR count). The number of rotatable bonds is 3. The Morgan fingerprint density at radius 1 is 1.33 bits per heavy atom. The van der Waals surface area contributed by atoms with Crippen LogP contribution in [-0.2, 0) is 4.79 Å². The molecule has 2 amide bonds. The second-order valence-electron chi connectivity index (χ2n) is 5.65. The molecule has 1 heterocycles. The van der Waals surface area contributed by atoms with Crippen LogP contribution in [0, 0.1) is 5.92 Å². The summed E-state index contributed by atoms with van der Waals surface area (Å²) in [6, 6.07) is 6.90. The third-order valence-electron chi connectivity index (χ3n) is 3.88. The van der Waals surface area contributed by atoms with E-state index in [2.05, 4.69) is 5.32 Å². The Morgan fingerprint density at radius 3 is 2.57 bits per heavy atom. The molecule has 0 aliphatic carbocycles. The fraction of sp³-hybridized carbons (Fsp3) is 0.500. The Labute approximate surface area is 125 Å². The van der Waals surface area contributed by atoms with E-state index >= 15 is 0 Å². The standard InChI is InChI=1S/C16H22N2O3/c1-11(19)14-4-3-9-18(10-14)16(21)13-5-7-15(8-6-13)17-12(2)20/h5-8,11,14,19H,3-4,9-10H2,1-2H3,(H,17,20). The van der Waals surface area contributed by atoms with Crippen LogP contribution in [0.2, 0.25) is 0 Å². The maximum absolute atomic E-state index is 12.5. The summed E-state index contributed by atoms with van der Waals surface area (Å²) in [7, 11) is 0. The predicted molar refractivity (Wildman–Crippen MR) is 81.1 cm³/mol. The van der Waals surface area contributed by atoms with E-state index in [1.807, 2.05) is 0 Å². The van der Waals surface area contributed by atoms with Gasteiger partial charge in [-0.3, -0.25) is 9.59 Å². The van der Waals surface area contributed by atoms with E-state index < -0.39 is 0 Å². The molecule has 5 heteroatoms. The van der Waals surface area contributed by atoms with Crippen LogP contribution < -0.4 is 5.32 Å². The molecule has 1 fully saturated rings. The first-order chi connectivity index (χ1) is 9.97. The van der Waals surface area contributed by atoms with Crippen LogP contribution in [0.5, 0.6) is 0 Å². The molecule has 114 valence electrons. The van der Waals surface area contributed by atoms with Gasteiger partial charge in [0.25, 0.3) is 5.91 Å². The summed E-state index contributed by atoms with van der Waals surface area (Å²) in [5.41, 5.74) is 1.29. The summed E-state index contributed by atoms with van der Waals surface area (Å²) in [6.07, 6.45) is 1.50. The van der Waals surface area contributed by atoms with Gasteiger partial charge in [0.05, 0.1) is 6.10 Å². The van der Waals surface area contributed by atoms with E-state index in [1.165, 1.54) is 6.92 Å². The number of aliphatic hydroxyl groups is 1. The first-order valence-corrected chi connectivity index (χ1v) is 7.32. The number of hydrogen-bond acceptors (Lipinski definition) is 3. The maximum atomic E-state index is 12.5. The van der Waals surface area contributed by atoms with Gasteiger partial charge < -0.3 is 15.3 Å². The quantitative estimate of drug-likeness (QED) is 0.893. The van der Waals surface area contributed by atoms with Gasteiger partial charge in [0.2, 0.25) is 5.91 Å². The van der Waals surface area contributed by atoms with Crippen LogP contribution in [0.4, 0.5) is 5.69 Å². The SMILES string of the molecule is CC(=O)Nc1ccc(C(=O)N2CCCC(C(C)O)C2)cc1. The predicted octanol–water partition coefficient (Wildman–Crippen LogP) is 1.88. The summed E-state index contributed by atoms with van der Waals surface area (Å²) in [5.74, 6) is 0.000889. The normalized spacial score (nSPS) is 20.0. The molecule has 21 heavy (non-hydrogen) atoms. The molecule has 0 saturated carbocycles. The first kappa shape index (κ1) is 15.5. The molecule has 0 spiro atoms. The highest BCUT2D eigenvalue weighted by molar-refractivity contribution is 5.95. The first-order valence-electron chi connectivity index (χ1n) is 7.32. The highest BCUT2D eigenvalue weighted by Crippen LogP contribution is 2.21. The highest BCUT2D eigenvalue weighted by atomic mass is 16.3. The van der Waals surface area contributed by atoms with Crippen molar-refractivity contribution in [2.45, 2.75) is 32.8 Å². The number of aliphatic hydroxyl groups excluding tert-OH is 1. The monoisotopic (exact) mass is 290 g/mol. The largest absolute Gasteiger partial charge is 0.393 e. The third kappa shape index (κ3) is 4.04. The van der Waals surface area contributed by atoms with Crippen molar-refractivity contribution in [1.29, 1.82) is 0 Å². The fourth-order valence-corrected chi connectivity index (χ4v) is 2.67. The van der Waals surface area contributed by atoms with Crippen molar-refractivity contribution in [2.75, 3.05) is 18.4 Å². The molecule has 1 aromatic rings. The maximum Gasteiger partial charge on any atom is 0.253 e. The Morgan fingerprint density at radius 2 is 2.00 bits per heavy atom. The van der Waals surface area contributed by atoms with Crippen LogP contribution in [0.15, 0.2) is 24.3 Å². The van der Waals surface area contributed by atoms with Crippen molar-refractivity contribution in [3.05, 3.63) is 29.8 Å². The topological polar surface area (TPSA) is 69.6 Å². The van der Waals surface area contributed by atoms with Crippen LogP contribution in [0.1, 0.15) is 37.0 Å². The Hall–Kier alpha value is -1.88. The van der Waals surface area contributed by atoms with E-state index in [-0.39, 0.29) is 23.8 Å². The Balaban J connectivity index is 2.03. The summed E-state index contributed by atoms with van der Waals surface area (Å²) in [6.45, 7) is 4.56. The lowest BCUT2D eigenvalue weighted by Crippen LogP contribution is -2.42. The zero-order chi connectivity index (χ0) is 15.4. The zero-order valence-corrected chi connectivity index (χ0v) is 12.5. The number of nitrogens with zero attached hydrogens (tertiary/aromatic N) is 1. The molecule has 1 aliphatic heterocycles. The summed E-state index contributed by atoms with van der Waals surface area (Å²) in [4.78, 5) is 25.2. The molecule has 1 saturated heterocycles. The number of carbonyl (C=O) groups excluding carboxylic acids is 2. The minimum absolute atomic E-state index is 0.0188. The number of nitrogens with one attached hydrogen (secondary N) is 1. The van der Waals surface area contributed by atoms with Crippen LogP contribution >= 0.6 is 0 Å². The summed E-state index contributed by atoms with van der Waals surface area (Å²) < 4.78 is 0. The van der Waals surface area contributed by atoms with Crippen molar-refractivity contribution in [1.82, 2.24) is 4.90 Å². The van der Waals surface area contributed by atoms with Crippen LogP contribution in [0.25, 0.3) is 0 Å². The number of benzene rings is 1. The van der Waals surface area contributed by atoms with Gasteiger partial charge in [0.1, 0.15) is 0 Å². The lowest BCUT2D eigenvalue weighted by molar-refractivity contribution is -0.114. The number of hydrogen-bond donors (Lipinski definition) is 2. The highest BCUT2D eigenvalue weighted by Gasteiger charge is 2.26. The molecule has 2 unspecified atom stereocenters. The number of piperidine rings is 1. The molecule has 1 aliphatic rings. The molecular weight excluding hydrogens is 268 g/mol. The van der Waals surface area contributed by atoms with Crippen LogP contribution in [-0.4, -0.2) is 41.0 Å². The second kappa shape index (κ2) is 6.72. The second-order valence-corrected chi connectivity index (χ2v) is 5.65. The van der Waals surface area contributed by atoms with Gasteiger partial charge in [0.15, 0.2) is 0 Å². The zero-order valence-electron chi connectivity index (χ0n) is 12.5. The number of anilines is 1. The molecule has 0 bridgehead atoms. The minimum atomic E-state index is -0.386. The van der Waals surface area contributed by atoms with E-state index in [0.717, 1.165) is 19.4 Å². The van der Waals surface area contributed by atoms with Gasteiger partial charge >= 0.3 is 0 Å². The van der Waals surface area contributed by atoms with Gasteiger partial charge in [0, 0.05) is 37.2 Å². The van der Waals surface area contributed by atoms with Gasteiger partial charge in [-0.15, -0.1) is 0 Å². The fourth-order valence-electron chi connectivity index (χ4n) is 2.67. The van der Waals surface area contributed by atoms with Gasteiger partial charge in [-0.1, -0.05) is 0 Å². The number of carbonyl (C=O) groups is 2. The van der Waals surface area contributed by atoms with E-state index in [1.54, 1.807) is 36.1 Å². The average molecular weight is 290 g/mol. The molecule has 5 nitrogen and oxygen atoms in total. The van der Waals surface area contributed by atoms with Crippen molar-refractivity contribution < 1.29 is 14.7 Å². The average Bonchev–Trinajstić information content (AvgIpc) is 2.47. The summed E-state index contributed by atoms with van der Waals surface area (Å²) in [5, 5.41) is 12.4. The van der Waals surface area contributed by atoms with E-state index in [4.69, 9.17) is 0 Å². The molecule has 2 N–H and O–H groups in total. The summed E-state index contributed by atoms with van der Waals surface area (Å²) >= 11 is 0. The van der Waals surface area contributed by atoms with E-state index in [0.29, 0.717) is 17.8 Å². The van der Waals surface area contributed by atoms with Gasteiger partial charge in [-0.25, -0.2) is 0 Å². The van der Waals surface area contributed by atoms with Crippen molar-refractivity contribution in [3.63, 3.8) is 0 Å². The molecule has 2 atom stereocenters. The van der Waals surface area contributed by atoms with Crippen molar-refractivity contribution >= 4 is 17.5 Å². The molecule has 1 aromatic carbocycles. The smallest absolute Gasteiger partial charge is 0.253 e. The van der Waals surface area contributed by atoms with E-state index in [9.17, 15) is 14.7 Å². The van der Waals surface area contributed by atoms with Crippen molar-refractivity contribution in [3.8, 4) is 0 Å². The van der Waals surface area contributed by atoms with Gasteiger partial charge in [-0.2, -0.15) is 0 Å². The van der Waals surface area contributed by atoms with Gasteiger partial charge in [-0.05, 0) is 44.0 Å². The third-order valence-corrected chi connectivity index (χ3v) is 3.88. The van der Waals surface area contributed by atoms with Crippen molar-refractivity contribution in [2.24, 2.45) is 5.92 Å².